The van der Waals surface area contributed by atoms with Crippen LogP contribution in [-0.4, -0.2) is 5.75 Å². The monoisotopic (exact) mass is 295 g/mol. The van der Waals surface area contributed by atoms with E-state index in [1.54, 1.807) is 36.0 Å². The third-order valence-corrected chi connectivity index (χ3v) is 3.70. The van der Waals surface area contributed by atoms with Crippen LogP contribution in [0.15, 0.2) is 41.3 Å². The molecule has 0 saturated heterocycles. The second-order valence-electron chi connectivity index (χ2n) is 4.14. The van der Waals surface area contributed by atoms with E-state index in [2.05, 4.69) is 6.07 Å². The van der Waals surface area contributed by atoms with E-state index < -0.39 is 0 Å². The molecule has 0 saturated carbocycles. The fourth-order valence-electron chi connectivity index (χ4n) is 1.81. The van der Waals surface area contributed by atoms with Crippen molar-refractivity contribution < 1.29 is 4.74 Å². The molecule has 2 N–H and O–H groups in total. The fourth-order valence-corrected chi connectivity index (χ4v) is 2.59. The SMILES string of the molecule is CCSc1cccc(Oc2ccc(C#N)cc2N)c1C#N. The third kappa shape index (κ3) is 3.28. The van der Waals surface area contributed by atoms with E-state index in [0.717, 1.165) is 10.6 Å². The number of hydrogen-bond donors (Lipinski definition) is 1. The van der Waals surface area contributed by atoms with Crippen molar-refractivity contribution in [3.05, 3.63) is 47.5 Å². The lowest BCUT2D eigenvalue weighted by atomic mass is 10.2. The van der Waals surface area contributed by atoms with Crippen molar-refractivity contribution in [2.45, 2.75) is 11.8 Å². The Kier molecular flexibility index (Phi) is 4.71. The van der Waals surface area contributed by atoms with E-state index in [4.69, 9.17) is 15.7 Å². The van der Waals surface area contributed by atoms with Gasteiger partial charge in [0.15, 0.2) is 0 Å². The van der Waals surface area contributed by atoms with Gasteiger partial charge in [0.05, 0.1) is 17.3 Å². The van der Waals surface area contributed by atoms with Gasteiger partial charge in [0.2, 0.25) is 0 Å². The van der Waals surface area contributed by atoms with Crippen LogP contribution in [0.3, 0.4) is 0 Å². The summed E-state index contributed by atoms with van der Waals surface area (Å²) in [5.74, 6) is 1.77. The average Bonchev–Trinajstić information content (AvgIpc) is 2.50. The van der Waals surface area contributed by atoms with Crippen LogP contribution >= 0.6 is 11.8 Å². The number of benzene rings is 2. The molecular formula is C16H13N3OS. The molecule has 0 spiro atoms. The van der Waals surface area contributed by atoms with E-state index in [0.29, 0.717) is 28.3 Å². The summed E-state index contributed by atoms with van der Waals surface area (Å²) in [6, 6.07) is 14.5. The average molecular weight is 295 g/mol. The number of nitriles is 2. The summed E-state index contributed by atoms with van der Waals surface area (Å²) in [5, 5.41) is 18.2. The summed E-state index contributed by atoms with van der Waals surface area (Å²) in [6.45, 7) is 2.03. The van der Waals surface area contributed by atoms with Gasteiger partial charge in [-0.15, -0.1) is 11.8 Å². The largest absolute Gasteiger partial charge is 0.454 e. The molecule has 0 aromatic heterocycles. The van der Waals surface area contributed by atoms with Crippen LogP contribution in [0.1, 0.15) is 18.1 Å². The topological polar surface area (TPSA) is 82.8 Å². The quantitative estimate of drug-likeness (QED) is 0.683. The fraction of sp³-hybridized carbons (Fsp3) is 0.125. The second kappa shape index (κ2) is 6.69. The van der Waals surface area contributed by atoms with Crippen molar-refractivity contribution in [3.63, 3.8) is 0 Å². The van der Waals surface area contributed by atoms with Gasteiger partial charge in [-0.25, -0.2) is 0 Å². The number of thioether (sulfide) groups is 1. The Morgan fingerprint density at radius 2 is 1.95 bits per heavy atom. The lowest BCUT2D eigenvalue weighted by Crippen LogP contribution is -1.95. The van der Waals surface area contributed by atoms with E-state index in [1.165, 1.54) is 0 Å². The second-order valence-corrected chi connectivity index (χ2v) is 5.45. The third-order valence-electron chi connectivity index (χ3n) is 2.76. The number of hydrogen-bond acceptors (Lipinski definition) is 5. The van der Waals surface area contributed by atoms with Crippen LogP contribution in [0.5, 0.6) is 11.5 Å². The number of ether oxygens (including phenoxy) is 1. The van der Waals surface area contributed by atoms with Crippen molar-refractivity contribution in [1.29, 1.82) is 10.5 Å². The van der Waals surface area contributed by atoms with Crippen molar-refractivity contribution in [3.8, 4) is 23.6 Å². The maximum atomic E-state index is 9.34. The smallest absolute Gasteiger partial charge is 0.150 e. The number of nitrogens with zero attached hydrogens (tertiary/aromatic N) is 2. The highest BCUT2D eigenvalue weighted by Gasteiger charge is 2.11. The van der Waals surface area contributed by atoms with Gasteiger partial charge in [0, 0.05) is 4.90 Å². The summed E-state index contributed by atoms with van der Waals surface area (Å²) in [7, 11) is 0. The molecule has 104 valence electrons. The summed E-state index contributed by atoms with van der Waals surface area (Å²) >= 11 is 1.58. The summed E-state index contributed by atoms with van der Waals surface area (Å²) < 4.78 is 5.75. The molecule has 21 heavy (non-hydrogen) atoms. The van der Waals surface area contributed by atoms with Crippen LogP contribution in [0, 0.1) is 22.7 Å². The molecule has 0 unspecified atom stereocenters. The minimum Gasteiger partial charge on any atom is -0.454 e. The Bertz CT molecular complexity index is 744. The molecule has 0 fully saturated rings. The lowest BCUT2D eigenvalue weighted by molar-refractivity contribution is 0.482. The van der Waals surface area contributed by atoms with Crippen molar-refractivity contribution >= 4 is 17.4 Å². The van der Waals surface area contributed by atoms with Crippen LogP contribution in [0.2, 0.25) is 0 Å². The molecule has 0 aliphatic carbocycles. The molecule has 0 radical (unpaired) electrons. The lowest BCUT2D eigenvalue weighted by Gasteiger charge is -2.12. The molecule has 2 rings (SSSR count). The molecule has 0 aliphatic rings. The van der Waals surface area contributed by atoms with E-state index >= 15 is 0 Å². The molecule has 2 aromatic carbocycles. The zero-order valence-electron chi connectivity index (χ0n) is 11.5. The van der Waals surface area contributed by atoms with Crippen LogP contribution < -0.4 is 10.5 Å². The summed E-state index contributed by atoms with van der Waals surface area (Å²) in [4.78, 5) is 0.879. The van der Waals surface area contributed by atoms with Crippen LogP contribution in [0.25, 0.3) is 0 Å². The van der Waals surface area contributed by atoms with Gasteiger partial charge in [0.25, 0.3) is 0 Å². The van der Waals surface area contributed by atoms with E-state index in [9.17, 15) is 5.26 Å². The number of nitrogens with two attached hydrogens (primary N) is 1. The standard InChI is InChI=1S/C16H13N3OS/c1-2-21-16-5-3-4-14(12(16)10-18)20-15-7-6-11(9-17)8-13(15)19/h3-8H,2,19H2,1H3. The number of nitrogen functional groups attached to an aromatic ring is 1. The molecule has 0 aliphatic heterocycles. The van der Waals surface area contributed by atoms with Crippen molar-refractivity contribution in [1.82, 2.24) is 0 Å². The molecule has 0 bridgehead atoms. The maximum absolute atomic E-state index is 9.34. The highest BCUT2D eigenvalue weighted by molar-refractivity contribution is 7.99. The zero-order valence-corrected chi connectivity index (χ0v) is 12.3. The maximum Gasteiger partial charge on any atom is 0.150 e. The van der Waals surface area contributed by atoms with Gasteiger partial charge < -0.3 is 10.5 Å². The normalized spacial score (nSPS) is 9.67. The van der Waals surface area contributed by atoms with Gasteiger partial charge in [-0.2, -0.15) is 10.5 Å². The molecule has 0 amide bonds. The molecule has 0 heterocycles. The van der Waals surface area contributed by atoms with Gasteiger partial charge >= 0.3 is 0 Å². The Morgan fingerprint density at radius 1 is 1.14 bits per heavy atom. The molecule has 2 aromatic rings. The van der Waals surface area contributed by atoms with Gasteiger partial charge in [0.1, 0.15) is 23.1 Å². The predicted molar refractivity (Wildman–Crippen MR) is 83.2 cm³/mol. The Morgan fingerprint density at radius 3 is 2.57 bits per heavy atom. The molecule has 5 heteroatoms. The Labute approximate surface area is 127 Å². The van der Waals surface area contributed by atoms with Crippen LogP contribution in [-0.2, 0) is 0 Å². The van der Waals surface area contributed by atoms with Gasteiger partial charge in [-0.1, -0.05) is 13.0 Å². The Balaban J connectivity index is 2.38. The molecule has 0 atom stereocenters. The summed E-state index contributed by atoms with van der Waals surface area (Å²) in [5.41, 5.74) is 7.20. The number of rotatable bonds is 4. The summed E-state index contributed by atoms with van der Waals surface area (Å²) in [6.07, 6.45) is 0. The minimum atomic E-state index is 0.367. The molecular weight excluding hydrogens is 282 g/mol. The first-order valence-corrected chi connectivity index (χ1v) is 7.31. The Hall–Kier alpha value is -2.63. The van der Waals surface area contributed by atoms with Gasteiger partial charge in [-0.3, -0.25) is 0 Å². The predicted octanol–water partition coefficient (Wildman–Crippen LogP) is 3.92. The first-order chi connectivity index (χ1) is 10.2. The van der Waals surface area contributed by atoms with E-state index in [1.807, 2.05) is 25.1 Å². The highest BCUT2D eigenvalue weighted by atomic mass is 32.2. The minimum absolute atomic E-state index is 0.367. The highest BCUT2D eigenvalue weighted by Crippen LogP contribution is 2.34. The first kappa shape index (κ1) is 14.8. The van der Waals surface area contributed by atoms with Crippen molar-refractivity contribution in [2.24, 2.45) is 0 Å². The first-order valence-electron chi connectivity index (χ1n) is 6.33. The van der Waals surface area contributed by atoms with Crippen LogP contribution in [0.4, 0.5) is 5.69 Å². The number of anilines is 1. The zero-order chi connectivity index (χ0) is 15.2. The van der Waals surface area contributed by atoms with Crippen molar-refractivity contribution in [2.75, 3.05) is 11.5 Å². The molecule has 4 nitrogen and oxygen atoms in total. The van der Waals surface area contributed by atoms with Gasteiger partial charge in [-0.05, 0) is 36.1 Å². The van der Waals surface area contributed by atoms with E-state index in [-0.39, 0.29) is 0 Å².